The lowest BCUT2D eigenvalue weighted by Crippen LogP contribution is -2.28. The second-order valence-electron chi connectivity index (χ2n) is 4.86. The molecule has 0 spiro atoms. The van der Waals surface area contributed by atoms with Crippen LogP contribution in [-0.4, -0.2) is 6.04 Å². The minimum absolute atomic E-state index is 0.426. The highest BCUT2D eigenvalue weighted by molar-refractivity contribution is 7.12. The first-order chi connectivity index (χ1) is 8.65. The lowest BCUT2D eigenvalue weighted by atomic mass is 10.1. The van der Waals surface area contributed by atoms with Gasteiger partial charge in [0.2, 0.25) is 0 Å². The van der Waals surface area contributed by atoms with E-state index in [2.05, 4.69) is 38.2 Å². The van der Waals surface area contributed by atoms with Gasteiger partial charge in [-0.2, -0.15) is 0 Å². The van der Waals surface area contributed by atoms with Crippen molar-refractivity contribution in [3.05, 3.63) is 46.0 Å². The van der Waals surface area contributed by atoms with Crippen LogP contribution in [0.3, 0.4) is 0 Å². The number of nitrogens with one attached hydrogen (secondary N) is 1. The maximum absolute atomic E-state index is 5.35. The third kappa shape index (κ3) is 3.72. The van der Waals surface area contributed by atoms with E-state index in [9.17, 15) is 0 Å². The van der Waals surface area contributed by atoms with E-state index in [0.29, 0.717) is 12.1 Å². The summed E-state index contributed by atoms with van der Waals surface area (Å²) in [7, 11) is 0. The molecular formula is C15H21NOS. The number of thiophene rings is 1. The quantitative estimate of drug-likeness (QED) is 0.839. The van der Waals surface area contributed by atoms with E-state index < -0.39 is 0 Å². The number of hydrogen-bond donors (Lipinski definition) is 1. The van der Waals surface area contributed by atoms with E-state index in [1.54, 1.807) is 6.26 Å². The minimum atomic E-state index is 0.426. The fourth-order valence-electron chi connectivity index (χ4n) is 2.09. The molecule has 2 heterocycles. The first kappa shape index (κ1) is 13.4. The summed E-state index contributed by atoms with van der Waals surface area (Å²) in [5.74, 6) is 1.07. The molecule has 0 aromatic carbocycles. The van der Waals surface area contributed by atoms with Crippen molar-refractivity contribution in [3.63, 3.8) is 0 Å². The summed E-state index contributed by atoms with van der Waals surface area (Å²) in [5, 5.41) is 3.64. The Morgan fingerprint density at radius 3 is 2.72 bits per heavy atom. The summed E-state index contributed by atoms with van der Waals surface area (Å²) >= 11 is 1.87. The van der Waals surface area contributed by atoms with Crippen molar-refractivity contribution in [2.45, 2.75) is 45.7 Å². The average molecular weight is 263 g/mol. The van der Waals surface area contributed by atoms with Crippen LogP contribution in [0.1, 0.15) is 41.8 Å². The van der Waals surface area contributed by atoms with Gasteiger partial charge in [0.1, 0.15) is 5.76 Å². The molecule has 2 nitrogen and oxygen atoms in total. The maximum Gasteiger partial charge on any atom is 0.103 e. The summed E-state index contributed by atoms with van der Waals surface area (Å²) in [4.78, 5) is 2.79. The van der Waals surface area contributed by atoms with E-state index >= 15 is 0 Å². The van der Waals surface area contributed by atoms with Crippen LogP contribution >= 0.6 is 11.3 Å². The van der Waals surface area contributed by atoms with Gasteiger partial charge in [-0.25, -0.2) is 0 Å². The van der Waals surface area contributed by atoms with Gasteiger partial charge in [0, 0.05) is 28.3 Å². The van der Waals surface area contributed by atoms with Crippen LogP contribution in [0.25, 0.3) is 0 Å². The number of rotatable bonds is 6. The Kier molecular flexibility index (Phi) is 4.61. The molecule has 0 amide bonds. The van der Waals surface area contributed by atoms with Gasteiger partial charge in [0.15, 0.2) is 0 Å². The predicted octanol–water partition coefficient (Wildman–Crippen LogP) is 4.32. The fraction of sp³-hybridized carbons (Fsp3) is 0.467. The van der Waals surface area contributed by atoms with Gasteiger partial charge in [-0.15, -0.1) is 11.3 Å². The Balaban J connectivity index is 1.78. The topological polar surface area (TPSA) is 25.2 Å². The highest BCUT2D eigenvalue weighted by Crippen LogP contribution is 2.23. The average Bonchev–Trinajstić information content (AvgIpc) is 2.97. The molecule has 0 saturated heterocycles. The summed E-state index contributed by atoms with van der Waals surface area (Å²) in [5.41, 5.74) is 0. The molecule has 2 aromatic rings. The van der Waals surface area contributed by atoms with Crippen LogP contribution in [-0.2, 0) is 6.42 Å². The molecule has 0 radical (unpaired) electrons. The number of hydrogen-bond acceptors (Lipinski definition) is 3. The van der Waals surface area contributed by atoms with Gasteiger partial charge in [-0.3, -0.25) is 0 Å². The Morgan fingerprint density at radius 2 is 2.11 bits per heavy atom. The first-order valence-electron chi connectivity index (χ1n) is 6.50. The third-order valence-electron chi connectivity index (χ3n) is 3.13. The lowest BCUT2D eigenvalue weighted by molar-refractivity contribution is 0.433. The maximum atomic E-state index is 5.35. The molecule has 2 aromatic heterocycles. The Labute approximate surface area is 113 Å². The molecule has 98 valence electrons. The smallest absolute Gasteiger partial charge is 0.103 e. The predicted molar refractivity (Wildman–Crippen MR) is 77.1 cm³/mol. The van der Waals surface area contributed by atoms with Crippen molar-refractivity contribution in [1.82, 2.24) is 5.32 Å². The Morgan fingerprint density at radius 1 is 1.28 bits per heavy atom. The monoisotopic (exact) mass is 263 g/mol. The molecule has 0 aliphatic rings. The zero-order valence-corrected chi connectivity index (χ0v) is 12.1. The van der Waals surface area contributed by atoms with Crippen molar-refractivity contribution in [2.24, 2.45) is 0 Å². The molecule has 0 aliphatic carbocycles. The molecule has 0 saturated carbocycles. The van der Waals surface area contributed by atoms with Crippen LogP contribution in [0.15, 0.2) is 34.9 Å². The molecule has 18 heavy (non-hydrogen) atoms. The molecule has 2 unspecified atom stereocenters. The van der Waals surface area contributed by atoms with Gasteiger partial charge in [-0.05, 0) is 51.5 Å². The number of aryl methyl sites for hydroxylation is 2. The van der Waals surface area contributed by atoms with E-state index in [4.69, 9.17) is 4.42 Å². The van der Waals surface area contributed by atoms with E-state index in [1.807, 2.05) is 23.5 Å². The van der Waals surface area contributed by atoms with E-state index in [-0.39, 0.29) is 0 Å². The van der Waals surface area contributed by atoms with Crippen molar-refractivity contribution >= 4 is 11.3 Å². The van der Waals surface area contributed by atoms with Gasteiger partial charge in [0.05, 0.1) is 6.26 Å². The van der Waals surface area contributed by atoms with Crippen molar-refractivity contribution in [2.75, 3.05) is 0 Å². The van der Waals surface area contributed by atoms with E-state index in [1.165, 1.54) is 9.75 Å². The van der Waals surface area contributed by atoms with E-state index in [0.717, 1.165) is 18.6 Å². The van der Waals surface area contributed by atoms with Crippen LogP contribution < -0.4 is 5.32 Å². The summed E-state index contributed by atoms with van der Waals surface area (Å²) in [6, 6.07) is 9.31. The molecule has 0 bridgehead atoms. The standard InChI is InChI=1S/C15H21NOS/c1-11(6-8-14-5-4-10-17-14)16-13(3)15-9-7-12(2)18-15/h4-5,7,9-11,13,16H,6,8H2,1-3H3. The Bertz CT molecular complexity index is 461. The van der Waals surface area contributed by atoms with Gasteiger partial charge < -0.3 is 9.73 Å². The van der Waals surface area contributed by atoms with Gasteiger partial charge in [-0.1, -0.05) is 0 Å². The van der Waals surface area contributed by atoms with Gasteiger partial charge in [0.25, 0.3) is 0 Å². The zero-order valence-electron chi connectivity index (χ0n) is 11.3. The SMILES string of the molecule is Cc1ccc(C(C)NC(C)CCc2ccco2)s1. The summed E-state index contributed by atoms with van der Waals surface area (Å²) in [6.07, 6.45) is 3.84. The fourth-order valence-corrected chi connectivity index (χ4v) is 2.98. The van der Waals surface area contributed by atoms with Crippen LogP contribution in [0.2, 0.25) is 0 Å². The van der Waals surface area contributed by atoms with Crippen molar-refractivity contribution < 1.29 is 4.42 Å². The Hall–Kier alpha value is -1.06. The molecule has 1 N–H and O–H groups in total. The second-order valence-corrected chi connectivity index (χ2v) is 6.18. The van der Waals surface area contributed by atoms with Crippen molar-refractivity contribution in [1.29, 1.82) is 0 Å². The van der Waals surface area contributed by atoms with Crippen LogP contribution in [0.5, 0.6) is 0 Å². The first-order valence-corrected chi connectivity index (χ1v) is 7.31. The molecule has 0 fully saturated rings. The highest BCUT2D eigenvalue weighted by atomic mass is 32.1. The van der Waals surface area contributed by atoms with Crippen molar-refractivity contribution in [3.8, 4) is 0 Å². The minimum Gasteiger partial charge on any atom is -0.469 e. The lowest BCUT2D eigenvalue weighted by Gasteiger charge is -2.18. The normalized spacial score (nSPS) is 14.6. The largest absolute Gasteiger partial charge is 0.469 e. The van der Waals surface area contributed by atoms with Crippen LogP contribution in [0.4, 0.5) is 0 Å². The number of furan rings is 1. The highest BCUT2D eigenvalue weighted by Gasteiger charge is 2.11. The summed E-state index contributed by atoms with van der Waals surface area (Å²) < 4.78 is 5.35. The second kappa shape index (κ2) is 6.21. The van der Waals surface area contributed by atoms with Crippen LogP contribution in [0, 0.1) is 6.92 Å². The van der Waals surface area contributed by atoms with Gasteiger partial charge >= 0.3 is 0 Å². The molecular weight excluding hydrogens is 242 g/mol. The molecule has 2 rings (SSSR count). The summed E-state index contributed by atoms with van der Waals surface area (Å²) in [6.45, 7) is 6.62. The zero-order chi connectivity index (χ0) is 13.0. The molecule has 3 heteroatoms. The molecule has 0 aliphatic heterocycles. The third-order valence-corrected chi connectivity index (χ3v) is 4.31. The molecule has 2 atom stereocenters.